The van der Waals surface area contributed by atoms with E-state index in [-0.39, 0.29) is 42.5 Å². The standard InChI is InChI=1S/C28H14N6.C16H12N2.C14H6Cl2N2.C13H15BClNO2.C12H24B2O4.2C7H3BrClN.CH4.H2/c1-30-18-11-13-20-19-12-10-17(16-29)14-25(19)33-23-8-4-2-6-21(23)31-27(33)28-32-22-7-3-5-9-24(22)34(28)26(20)15-18;1-3-7-13-11(5-1)9-15(17-13)16-10-12-6-2-4-8-14(12)18-16;1-18-10-3-5-12(14(16)7-10)11-4-2-9(8-17)6-13(11)15;1-12(2)13(3,4)18-14(17-12)10-7-6-9(16-5)8-11(10)15;1-9(2)10(3,4)16-13(15-9)14-17-11(5,6)12(7,8)18-14;1-10-5-2-3-6(8)7(9)4-5;8-6-2-1-5(4-10)3-7(6)9;;/h2-15H;1-8H,9-10H2;2-7H;6-8H,1-4H3;1-8H3;2-4H;1-3H;1H4;1H/i;;;;;;;;1+1. The van der Waals surface area contributed by atoms with Crippen LogP contribution in [0.1, 0.15) is 120 Å². The van der Waals surface area contributed by atoms with Crippen LogP contribution in [0.5, 0.6) is 0 Å². The number of fused-ring (bicyclic) bond motifs is 14. The molecule has 8 heterocycles. The summed E-state index contributed by atoms with van der Waals surface area (Å²) in [7, 11) is -1.44. The van der Waals surface area contributed by atoms with Crippen LogP contribution in [0, 0.1) is 60.3 Å². The SMILES string of the molecule is C.CC1(C)OB(B2OC(C)(C)C(C)(C)O2)OC1(C)C.N#Cc1ccc(Br)c(Cl)c1.[2HH].[C-]#[N+]c1ccc(-c2ccc(C#N)cc2Cl)c(Cl)c1.[C-]#[N+]c1ccc(B2OC(C)(C)C(C)(C)O2)c(Cl)c1.[C-]#[N+]c1ccc(Br)c(Cl)c1.[C-]#[N+]c1ccc2c3ccc(C#N)cc3n3c4ccccc4nc3c3nc4ccccc4n3c2c1.c1ccc2c(c1)CC(C1=Nc3ccccc3C1)=N2. The minimum atomic E-state index is -0.484. The van der Waals surface area contributed by atoms with Crippen molar-refractivity contribution in [2.24, 2.45) is 9.98 Å². The van der Waals surface area contributed by atoms with Crippen LogP contribution in [-0.4, -0.2) is 84.9 Å². The predicted octanol–water partition coefficient (Wildman–Crippen LogP) is 28.3. The zero-order chi connectivity index (χ0) is 90.5. The van der Waals surface area contributed by atoms with Crippen molar-refractivity contribution in [1.82, 2.24) is 18.8 Å². The molecule has 0 atom stereocenters. The molecule has 0 amide bonds. The molecule has 0 spiro atoms. The molecule has 5 aliphatic rings. The lowest BCUT2D eigenvalue weighted by Crippen LogP contribution is -2.41. The lowest BCUT2D eigenvalue weighted by Gasteiger charge is -2.32. The van der Waals surface area contributed by atoms with Gasteiger partial charge in [0.2, 0.25) is 0 Å². The van der Waals surface area contributed by atoms with E-state index in [0.717, 1.165) is 105 Å². The lowest BCUT2D eigenvalue weighted by molar-refractivity contribution is 0.00578. The normalized spacial score (nSPS) is 15.6. The Morgan fingerprint density at radius 2 is 0.709 bits per heavy atom. The Balaban J connectivity index is 0.000000150. The molecule has 0 radical (unpaired) electrons. The third kappa shape index (κ3) is 20.4. The summed E-state index contributed by atoms with van der Waals surface area (Å²) >= 11 is 36.2. The van der Waals surface area contributed by atoms with Gasteiger partial charge in [0, 0.05) is 65.2 Å². The molecule has 634 valence electrons. The van der Waals surface area contributed by atoms with Crippen molar-refractivity contribution in [2.75, 3.05) is 0 Å². The van der Waals surface area contributed by atoms with Crippen molar-refractivity contribution in [2.45, 2.75) is 137 Å². The van der Waals surface area contributed by atoms with Gasteiger partial charge >= 0.3 is 21.1 Å². The van der Waals surface area contributed by atoms with E-state index in [9.17, 15) is 5.26 Å². The van der Waals surface area contributed by atoms with Crippen LogP contribution in [0.3, 0.4) is 0 Å². The van der Waals surface area contributed by atoms with Crippen molar-refractivity contribution in [1.29, 1.82) is 15.8 Å². The van der Waals surface area contributed by atoms with Gasteiger partial charge in [-0.2, -0.15) is 15.8 Å². The highest BCUT2D eigenvalue weighted by atomic mass is 79.9. The van der Waals surface area contributed by atoms with Crippen LogP contribution < -0.4 is 5.46 Å². The summed E-state index contributed by atoms with van der Waals surface area (Å²) in [6, 6.07) is 75.7. The highest BCUT2D eigenvalue weighted by Crippen LogP contribution is 2.45. The summed E-state index contributed by atoms with van der Waals surface area (Å²) in [5, 5.41) is 31.4. The second-order valence-corrected chi connectivity index (χ2v) is 36.3. The van der Waals surface area contributed by atoms with Crippen LogP contribution in [0.2, 0.25) is 25.1 Å². The molecule has 29 heteroatoms. The number of rotatable bonds is 4. The number of hydrogen-bond acceptors (Lipinski definition) is 13. The maximum atomic E-state index is 9.67. The Labute approximate surface area is 783 Å². The van der Waals surface area contributed by atoms with Gasteiger partial charge in [0.25, 0.3) is 0 Å². The van der Waals surface area contributed by atoms with Crippen LogP contribution in [0.15, 0.2) is 243 Å². The van der Waals surface area contributed by atoms with E-state index in [1.165, 1.54) is 11.1 Å². The first kappa shape index (κ1) is 94.6. The largest absolute Gasteiger partial charge is 0.496 e. The molecular weight excluding hydrogens is 1820 g/mol. The van der Waals surface area contributed by atoms with Gasteiger partial charge in [-0.05, 0) is 240 Å². The van der Waals surface area contributed by atoms with Crippen LogP contribution in [-0.2, 0) is 40.8 Å². The monoisotopic (exact) mass is 1900 g/mol. The molecule has 3 saturated heterocycles. The van der Waals surface area contributed by atoms with Crippen molar-refractivity contribution >= 4 is 217 Å². The number of halogens is 7. The molecule has 3 aromatic heterocycles. The van der Waals surface area contributed by atoms with E-state index < -0.39 is 21.1 Å². The zero-order valence-corrected chi connectivity index (χ0v) is 77.4. The maximum Gasteiger partial charge on any atom is 0.496 e. The third-order valence-corrected chi connectivity index (χ3v) is 26.2. The molecule has 127 heavy (non-hydrogen) atoms. The number of aromatic nitrogens is 4. The van der Waals surface area contributed by atoms with Gasteiger partial charge in [0.1, 0.15) is 0 Å². The number of nitriles is 3. The molecule has 3 fully saturated rings. The van der Waals surface area contributed by atoms with Gasteiger partial charge in [-0.25, -0.2) is 29.3 Å². The van der Waals surface area contributed by atoms with Gasteiger partial charge in [-0.15, -0.1) is 0 Å². The Morgan fingerprint density at radius 3 is 1.13 bits per heavy atom. The highest BCUT2D eigenvalue weighted by Gasteiger charge is 2.64. The molecule has 11 aromatic carbocycles. The molecule has 14 aromatic rings. The van der Waals surface area contributed by atoms with Crippen molar-refractivity contribution in [3.8, 4) is 29.3 Å². The number of imidazole rings is 2. The van der Waals surface area contributed by atoms with E-state index in [1.807, 2.05) is 192 Å². The molecule has 19 nitrogen and oxygen atoms in total. The van der Waals surface area contributed by atoms with Crippen LogP contribution >= 0.6 is 89.9 Å². The van der Waals surface area contributed by atoms with Gasteiger partial charge in [0.15, 0.2) is 34.0 Å². The summed E-state index contributed by atoms with van der Waals surface area (Å²) in [4.78, 5) is 32.9. The minimum Gasteiger partial charge on any atom is -0.405 e. The first-order chi connectivity index (χ1) is 59.9. The molecule has 0 unspecified atom stereocenters. The molecule has 0 N–H and O–H groups in total. The summed E-state index contributed by atoms with van der Waals surface area (Å²) in [5.74, 6) is 0. The van der Waals surface area contributed by atoms with Crippen LogP contribution in [0.25, 0.3) is 85.7 Å². The number of nitrogens with zero attached hydrogens (tertiary/aromatic N) is 13. The second-order valence-electron chi connectivity index (χ2n) is 32.6. The first-order valence-corrected chi connectivity index (χ1v) is 43.0. The molecule has 19 rings (SSSR count). The van der Waals surface area contributed by atoms with Gasteiger partial charge in [-0.3, -0.25) is 18.8 Å². The van der Waals surface area contributed by atoms with E-state index in [2.05, 4.69) is 103 Å². The fourth-order valence-electron chi connectivity index (χ4n) is 13.9. The Hall–Kier alpha value is -11.5. The topological polar surface area (TPSA) is 204 Å². The van der Waals surface area contributed by atoms with E-state index >= 15 is 0 Å². The average Bonchev–Trinajstić information content (AvgIpc) is 1.55. The van der Waals surface area contributed by atoms with Crippen molar-refractivity contribution < 1.29 is 29.4 Å². The number of hydrogen-bond donors (Lipinski definition) is 0. The van der Waals surface area contributed by atoms with Gasteiger partial charge in [-0.1, -0.05) is 187 Å². The summed E-state index contributed by atoms with van der Waals surface area (Å²) < 4.78 is 41.5. The summed E-state index contributed by atoms with van der Waals surface area (Å²) in [6.45, 7) is 52.3. The molecule has 5 aliphatic heterocycles. The van der Waals surface area contributed by atoms with Crippen LogP contribution in [0.4, 0.5) is 34.1 Å². The number of para-hydroxylation sites is 6. The molecular formula is C98H83B3Br2Cl5N13O6. The van der Waals surface area contributed by atoms with E-state index in [0.29, 0.717) is 75.8 Å². The Morgan fingerprint density at radius 1 is 0.378 bits per heavy atom. The third-order valence-electron chi connectivity index (χ3n) is 22.8. The maximum absolute atomic E-state index is 9.67. The fraction of sp³-hybridized carbons (Fsp3) is 0.214. The van der Waals surface area contributed by atoms with Gasteiger partial charge in [0.05, 0.1) is 150 Å². The average molecular weight is 1910 g/mol. The Kier molecular flexibility index (Phi) is 29.0. The molecule has 0 bridgehead atoms. The lowest BCUT2D eigenvalue weighted by atomic mass is 9.49. The number of aliphatic imine (C=N–C) groups is 2. The Bertz CT molecular complexity index is 6700. The highest BCUT2D eigenvalue weighted by molar-refractivity contribution is 9.10. The summed E-state index contributed by atoms with van der Waals surface area (Å²) in [5.41, 5.74) is 17.6. The first-order valence-electron chi connectivity index (χ1n) is 39.6. The van der Waals surface area contributed by atoms with Crippen molar-refractivity contribution in [3.05, 3.63) is 332 Å². The minimum absolute atomic E-state index is 0. The van der Waals surface area contributed by atoms with Crippen molar-refractivity contribution in [3.63, 3.8) is 0 Å². The smallest absolute Gasteiger partial charge is 0.405 e. The zero-order valence-electron chi connectivity index (χ0n) is 70.4. The van der Waals surface area contributed by atoms with E-state index in [4.69, 9.17) is 143 Å². The second kappa shape index (κ2) is 39.0. The number of benzene rings is 11. The molecule has 0 saturated carbocycles. The fourth-order valence-corrected chi connectivity index (χ4v) is 15.6. The van der Waals surface area contributed by atoms with E-state index in [1.54, 1.807) is 91.0 Å². The predicted molar refractivity (Wildman–Crippen MR) is 525 cm³/mol. The molecule has 0 aliphatic carbocycles. The quantitative estimate of drug-likeness (QED) is 0.120. The van der Waals surface area contributed by atoms with Gasteiger partial charge < -0.3 is 27.9 Å². The summed E-state index contributed by atoms with van der Waals surface area (Å²) in [6.07, 6.45) is 1.84.